The molecule has 1 nitrogen and oxygen atoms in total. The predicted octanol–water partition coefficient (Wildman–Crippen LogP) is 5.90. The second kappa shape index (κ2) is 6.42. The summed E-state index contributed by atoms with van der Waals surface area (Å²) in [5.74, 6) is 1.69. The smallest absolute Gasteiger partial charge is 0.120 e. The van der Waals surface area contributed by atoms with Gasteiger partial charge >= 0.3 is 0 Å². The van der Waals surface area contributed by atoms with Crippen LogP contribution < -0.4 is 4.74 Å². The molecule has 2 aromatic rings. The molecule has 0 radical (unpaired) electrons. The van der Waals surface area contributed by atoms with Crippen LogP contribution >= 0.6 is 11.3 Å². The van der Waals surface area contributed by atoms with Gasteiger partial charge in [-0.15, -0.1) is 11.3 Å². The van der Waals surface area contributed by atoms with Gasteiger partial charge in [-0.2, -0.15) is 0 Å². The molecule has 0 aliphatic heterocycles. The van der Waals surface area contributed by atoms with E-state index < -0.39 is 0 Å². The molecule has 1 atom stereocenters. The monoisotopic (exact) mass is 276 g/mol. The molecule has 0 bridgehead atoms. The number of ether oxygens (including phenoxy) is 1. The maximum atomic E-state index is 5.33. The fraction of sp³-hybridized carbons (Fsp3) is 0.529. The number of fused-ring (bicyclic) bond motifs is 1. The van der Waals surface area contributed by atoms with E-state index in [0.29, 0.717) is 0 Å². The van der Waals surface area contributed by atoms with E-state index in [1.165, 1.54) is 41.3 Å². The molecule has 1 aromatic heterocycles. The Morgan fingerprint density at radius 2 is 2.05 bits per heavy atom. The molecule has 0 aliphatic carbocycles. The van der Waals surface area contributed by atoms with Crippen LogP contribution in [-0.4, -0.2) is 7.11 Å². The summed E-state index contributed by atoms with van der Waals surface area (Å²) in [6.07, 6.45) is 5.17. The Morgan fingerprint density at radius 1 is 1.26 bits per heavy atom. The summed E-state index contributed by atoms with van der Waals surface area (Å²) in [5, 5.41) is 1.40. The molecular weight excluding hydrogens is 252 g/mol. The van der Waals surface area contributed by atoms with Crippen molar-refractivity contribution in [3.8, 4) is 5.75 Å². The van der Waals surface area contributed by atoms with Crippen molar-refractivity contribution in [2.75, 3.05) is 7.11 Å². The number of aryl methyl sites for hydroxylation is 1. The fourth-order valence-electron chi connectivity index (χ4n) is 2.71. The summed E-state index contributed by atoms with van der Waals surface area (Å²) in [6.45, 7) is 6.86. The van der Waals surface area contributed by atoms with Gasteiger partial charge in [0.25, 0.3) is 0 Å². The van der Waals surface area contributed by atoms with Crippen molar-refractivity contribution in [2.45, 2.75) is 52.4 Å². The highest BCUT2D eigenvalue weighted by Gasteiger charge is 2.16. The maximum Gasteiger partial charge on any atom is 0.120 e. The summed E-state index contributed by atoms with van der Waals surface area (Å²) in [4.78, 5) is 1.58. The molecule has 1 heterocycles. The van der Waals surface area contributed by atoms with E-state index in [4.69, 9.17) is 4.74 Å². The second-order valence-corrected chi connectivity index (χ2v) is 6.28. The Balaban J connectivity index is 2.39. The lowest BCUT2D eigenvalue weighted by Crippen LogP contribution is -1.96. The van der Waals surface area contributed by atoms with Gasteiger partial charge < -0.3 is 4.74 Å². The molecule has 0 saturated heterocycles. The van der Waals surface area contributed by atoms with E-state index in [9.17, 15) is 0 Å². The highest BCUT2D eigenvalue weighted by molar-refractivity contribution is 7.19. The lowest BCUT2D eigenvalue weighted by molar-refractivity contribution is 0.415. The van der Waals surface area contributed by atoms with Crippen LogP contribution in [0.1, 0.15) is 55.9 Å². The summed E-state index contributed by atoms with van der Waals surface area (Å²) in [7, 11) is 1.73. The number of thiophene rings is 1. The number of hydrogen-bond acceptors (Lipinski definition) is 2. The van der Waals surface area contributed by atoms with Crippen LogP contribution in [0.5, 0.6) is 5.75 Å². The van der Waals surface area contributed by atoms with Crippen LogP contribution in [0.25, 0.3) is 10.1 Å². The molecule has 1 aromatic carbocycles. The van der Waals surface area contributed by atoms with E-state index >= 15 is 0 Å². The maximum absolute atomic E-state index is 5.33. The average Bonchev–Trinajstić information content (AvgIpc) is 2.76. The first-order valence-corrected chi connectivity index (χ1v) is 8.09. The number of methoxy groups -OCH3 is 1. The minimum absolute atomic E-state index is 0.725. The molecule has 0 N–H and O–H groups in total. The van der Waals surface area contributed by atoms with Crippen molar-refractivity contribution in [3.63, 3.8) is 0 Å². The van der Waals surface area contributed by atoms with Crippen molar-refractivity contribution in [2.24, 2.45) is 0 Å². The van der Waals surface area contributed by atoms with Gasteiger partial charge in [-0.25, -0.2) is 0 Å². The van der Waals surface area contributed by atoms with Gasteiger partial charge in [-0.3, -0.25) is 0 Å². The lowest BCUT2D eigenvalue weighted by atomic mass is 9.94. The average molecular weight is 276 g/mol. The molecule has 0 fully saturated rings. The molecule has 104 valence electrons. The predicted molar refractivity (Wildman–Crippen MR) is 85.7 cm³/mol. The lowest BCUT2D eigenvalue weighted by Gasteiger charge is -2.13. The minimum Gasteiger partial charge on any atom is -0.497 e. The Hall–Kier alpha value is -1.02. The summed E-state index contributed by atoms with van der Waals surface area (Å²) < 4.78 is 6.69. The van der Waals surface area contributed by atoms with Gasteiger partial charge in [-0.1, -0.05) is 26.7 Å². The van der Waals surface area contributed by atoms with Crippen molar-refractivity contribution in [1.82, 2.24) is 0 Å². The fourth-order valence-corrected chi connectivity index (χ4v) is 4.17. The van der Waals surface area contributed by atoms with E-state index in [-0.39, 0.29) is 0 Å². The number of unbranched alkanes of at least 4 members (excludes halogenated alkanes) is 1. The summed E-state index contributed by atoms with van der Waals surface area (Å²) in [6, 6.07) is 6.44. The van der Waals surface area contributed by atoms with Crippen LogP contribution in [-0.2, 0) is 0 Å². The van der Waals surface area contributed by atoms with Gasteiger partial charge in [0.2, 0.25) is 0 Å². The third-order valence-electron chi connectivity index (χ3n) is 3.95. The highest BCUT2D eigenvalue weighted by atomic mass is 32.1. The Bertz CT molecular complexity index is 541. The van der Waals surface area contributed by atoms with E-state index in [1.807, 2.05) is 11.3 Å². The van der Waals surface area contributed by atoms with Crippen molar-refractivity contribution >= 4 is 21.4 Å². The minimum atomic E-state index is 0.725. The topological polar surface area (TPSA) is 9.23 Å². The van der Waals surface area contributed by atoms with Crippen LogP contribution in [0.2, 0.25) is 0 Å². The first kappa shape index (κ1) is 14.4. The van der Waals surface area contributed by atoms with Crippen molar-refractivity contribution in [3.05, 3.63) is 28.6 Å². The zero-order valence-corrected chi connectivity index (χ0v) is 13.3. The van der Waals surface area contributed by atoms with Crippen LogP contribution in [0.4, 0.5) is 0 Å². The first-order valence-electron chi connectivity index (χ1n) is 7.28. The molecular formula is C17H24OS. The third kappa shape index (κ3) is 2.94. The highest BCUT2D eigenvalue weighted by Crippen LogP contribution is 2.40. The van der Waals surface area contributed by atoms with Crippen molar-refractivity contribution < 1.29 is 4.74 Å². The summed E-state index contributed by atoms with van der Waals surface area (Å²) in [5.41, 5.74) is 1.48. The molecule has 2 heteroatoms. The van der Waals surface area contributed by atoms with Crippen LogP contribution in [0.3, 0.4) is 0 Å². The summed E-state index contributed by atoms with van der Waals surface area (Å²) >= 11 is 1.96. The first-order chi connectivity index (χ1) is 9.21. The van der Waals surface area contributed by atoms with Crippen LogP contribution in [0.15, 0.2) is 18.2 Å². The Morgan fingerprint density at radius 3 is 2.68 bits per heavy atom. The number of benzene rings is 1. The zero-order chi connectivity index (χ0) is 13.8. The van der Waals surface area contributed by atoms with E-state index in [1.54, 1.807) is 12.0 Å². The van der Waals surface area contributed by atoms with Gasteiger partial charge in [0.05, 0.1) is 7.11 Å². The normalized spacial score (nSPS) is 12.8. The zero-order valence-electron chi connectivity index (χ0n) is 12.5. The standard InChI is InChI=1S/C17H24OS/c1-5-7-8-13(6-2)17-12(3)15-10-9-14(18-4)11-16(15)19-17/h9-11,13H,5-8H2,1-4H3. The number of hydrogen-bond donors (Lipinski definition) is 0. The van der Waals surface area contributed by atoms with E-state index in [2.05, 4.69) is 39.0 Å². The van der Waals surface area contributed by atoms with Gasteiger partial charge in [0.1, 0.15) is 5.75 Å². The molecule has 0 aliphatic rings. The van der Waals surface area contributed by atoms with Crippen LogP contribution in [0, 0.1) is 6.92 Å². The van der Waals surface area contributed by atoms with Gasteiger partial charge in [0.15, 0.2) is 0 Å². The molecule has 1 unspecified atom stereocenters. The SMILES string of the molecule is CCCCC(CC)c1sc2cc(OC)ccc2c1C. The quantitative estimate of drug-likeness (QED) is 0.638. The van der Waals surface area contributed by atoms with Crippen molar-refractivity contribution in [1.29, 1.82) is 0 Å². The molecule has 2 rings (SSSR count). The third-order valence-corrected chi connectivity index (χ3v) is 5.37. The molecule has 19 heavy (non-hydrogen) atoms. The van der Waals surface area contributed by atoms with Gasteiger partial charge in [0, 0.05) is 9.58 Å². The molecule has 0 saturated carbocycles. The molecule has 0 spiro atoms. The van der Waals surface area contributed by atoms with E-state index in [0.717, 1.165) is 11.7 Å². The second-order valence-electron chi connectivity index (χ2n) is 5.20. The Kier molecular flexibility index (Phi) is 4.87. The van der Waals surface area contributed by atoms with Gasteiger partial charge in [-0.05, 0) is 54.8 Å². The molecule has 0 amide bonds. The largest absolute Gasteiger partial charge is 0.497 e. The number of rotatable bonds is 6. The Labute approximate surface area is 120 Å².